The van der Waals surface area contributed by atoms with E-state index in [2.05, 4.69) is 84.9 Å². The molecule has 0 aliphatic rings. The van der Waals surface area contributed by atoms with Gasteiger partial charge in [-0.05, 0) is 34.0 Å². The Morgan fingerprint density at radius 1 is 0.478 bits per heavy atom. The molecular formula is C22H14S. The predicted molar refractivity (Wildman–Crippen MR) is 102 cm³/mol. The number of rotatable bonds is 1. The minimum atomic E-state index is 1.29. The highest BCUT2D eigenvalue weighted by atomic mass is 32.1. The quantitative estimate of drug-likeness (QED) is 0.317. The van der Waals surface area contributed by atoms with Crippen molar-refractivity contribution in [1.29, 1.82) is 0 Å². The van der Waals surface area contributed by atoms with Crippen LogP contribution in [-0.4, -0.2) is 0 Å². The first-order valence-corrected chi connectivity index (χ1v) is 8.62. The van der Waals surface area contributed by atoms with Crippen LogP contribution in [0.1, 0.15) is 0 Å². The fourth-order valence-electron chi connectivity index (χ4n) is 3.46. The van der Waals surface area contributed by atoms with Crippen LogP contribution >= 0.6 is 11.3 Å². The zero-order valence-electron chi connectivity index (χ0n) is 12.5. The summed E-state index contributed by atoms with van der Waals surface area (Å²) in [5.74, 6) is 0. The molecule has 0 amide bonds. The topological polar surface area (TPSA) is 0 Å². The summed E-state index contributed by atoms with van der Waals surface area (Å²) >= 11 is 1.88. The molecule has 108 valence electrons. The smallest absolute Gasteiger partial charge is 0.0361 e. The maximum atomic E-state index is 2.25. The van der Waals surface area contributed by atoms with Crippen LogP contribution in [0.3, 0.4) is 0 Å². The van der Waals surface area contributed by atoms with E-state index in [1.165, 1.54) is 42.1 Å². The molecule has 5 aromatic rings. The molecule has 5 rings (SSSR count). The van der Waals surface area contributed by atoms with Crippen molar-refractivity contribution >= 4 is 42.3 Å². The van der Waals surface area contributed by atoms with E-state index in [-0.39, 0.29) is 0 Å². The first-order valence-electron chi connectivity index (χ1n) is 7.80. The fourth-order valence-corrected chi connectivity index (χ4v) is 4.59. The average molecular weight is 310 g/mol. The standard InChI is InChI=1S/C22H14S/c1-2-9-16-15(7-1)8-5-11-17(16)18-12-6-14-21-22(18)19-10-3-4-13-20(19)23-21/h1-14H. The number of thiophene rings is 1. The monoisotopic (exact) mass is 310 g/mol. The van der Waals surface area contributed by atoms with Gasteiger partial charge in [-0.2, -0.15) is 0 Å². The third-order valence-electron chi connectivity index (χ3n) is 4.48. The van der Waals surface area contributed by atoms with Gasteiger partial charge in [-0.15, -0.1) is 11.3 Å². The normalized spacial score (nSPS) is 11.5. The van der Waals surface area contributed by atoms with E-state index in [0.717, 1.165) is 0 Å². The van der Waals surface area contributed by atoms with Crippen LogP contribution in [0.4, 0.5) is 0 Å². The second kappa shape index (κ2) is 4.94. The lowest BCUT2D eigenvalue weighted by Crippen LogP contribution is -1.82. The largest absolute Gasteiger partial charge is 0.135 e. The summed E-state index contributed by atoms with van der Waals surface area (Å²) in [6, 6.07) is 30.6. The Hall–Kier alpha value is -2.64. The highest BCUT2D eigenvalue weighted by molar-refractivity contribution is 7.25. The van der Waals surface area contributed by atoms with E-state index in [1.54, 1.807) is 0 Å². The van der Waals surface area contributed by atoms with E-state index in [9.17, 15) is 0 Å². The molecule has 1 aromatic heterocycles. The summed E-state index contributed by atoms with van der Waals surface area (Å²) in [5, 5.41) is 5.35. The summed E-state index contributed by atoms with van der Waals surface area (Å²) < 4.78 is 2.71. The number of fused-ring (bicyclic) bond motifs is 4. The van der Waals surface area contributed by atoms with Crippen LogP contribution in [0.2, 0.25) is 0 Å². The summed E-state index contributed by atoms with van der Waals surface area (Å²) in [7, 11) is 0. The van der Waals surface area contributed by atoms with Gasteiger partial charge in [0.2, 0.25) is 0 Å². The maximum Gasteiger partial charge on any atom is 0.0361 e. The van der Waals surface area contributed by atoms with Gasteiger partial charge in [-0.25, -0.2) is 0 Å². The van der Waals surface area contributed by atoms with Crippen molar-refractivity contribution in [3.63, 3.8) is 0 Å². The van der Waals surface area contributed by atoms with Gasteiger partial charge in [0, 0.05) is 20.2 Å². The van der Waals surface area contributed by atoms with E-state index < -0.39 is 0 Å². The molecule has 0 unspecified atom stereocenters. The van der Waals surface area contributed by atoms with Gasteiger partial charge < -0.3 is 0 Å². The third-order valence-corrected chi connectivity index (χ3v) is 5.62. The summed E-state index contributed by atoms with van der Waals surface area (Å²) in [4.78, 5) is 0. The molecule has 0 fully saturated rings. The molecule has 23 heavy (non-hydrogen) atoms. The van der Waals surface area contributed by atoms with Gasteiger partial charge in [0.15, 0.2) is 0 Å². The van der Waals surface area contributed by atoms with Gasteiger partial charge in [0.25, 0.3) is 0 Å². The molecule has 1 heteroatoms. The van der Waals surface area contributed by atoms with Gasteiger partial charge in [0.1, 0.15) is 0 Å². The molecular weight excluding hydrogens is 296 g/mol. The van der Waals surface area contributed by atoms with Gasteiger partial charge in [0.05, 0.1) is 0 Å². The minimum Gasteiger partial charge on any atom is -0.135 e. The van der Waals surface area contributed by atoms with Crippen molar-refractivity contribution in [1.82, 2.24) is 0 Å². The fraction of sp³-hybridized carbons (Fsp3) is 0. The Morgan fingerprint density at radius 3 is 2.09 bits per heavy atom. The van der Waals surface area contributed by atoms with Crippen LogP contribution in [-0.2, 0) is 0 Å². The van der Waals surface area contributed by atoms with Crippen molar-refractivity contribution in [2.45, 2.75) is 0 Å². The van der Waals surface area contributed by atoms with Crippen LogP contribution in [0.5, 0.6) is 0 Å². The molecule has 0 N–H and O–H groups in total. The zero-order chi connectivity index (χ0) is 15.2. The van der Waals surface area contributed by atoms with Crippen molar-refractivity contribution in [3.8, 4) is 11.1 Å². The minimum absolute atomic E-state index is 1.29. The van der Waals surface area contributed by atoms with Crippen LogP contribution in [0, 0.1) is 0 Å². The first-order chi connectivity index (χ1) is 11.4. The Labute approximate surface area is 138 Å². The number of benzene rings is 4. The van der Waals surface area contributed by atoms with Gasteiger partial charge >= 0.3 is 0 Å². The molecule has 0 saturated carbocycles. The molecule has 0 bridgehead atoms. The Bertz CT molecular complexity index is 1160. The summed E-state index contributed by atoms with van der Waals surface area (Å²) in [6.07, 6.45) is 0. The SMILES string of the molecule is c1ccc2c(-c3cccc4sc5ccccc5c34)cccc2c1. The van der Waals surface area contributed by atoms with Gasteiger partial charge in [-0.1, -0.05) is 72.8 Å². The second-order valence-electron chi connectivity index (χ2n) is 5.80. The maximum absolute atomic E-state index is 2.25. The van der Waals surface area contributed by atoms with Crippen LogP contribution in [0.25, 0.3) is 42.1 Å². The number of hydrogen-bond donors (Lipinski definition) is 0. The molecule has 0 aliphatic carbocycles. The third kappa shape index (κ3) is 1.90. The molecule has 1 heterocycles. The zero-order valence-corrected chi connectivity index (χ0v) is 13.3. The van der Waals surface area contributed by atoms with Crippen molar-refractivity contribution in [2.75, 3.05) is 0 Å². The lowest BCUT2D eigenvalue weighted by Gasteiger charge is -2.09. The van der Waals surface area contributed by atoms with E-state index in [1.807, 2.05) is 11.3 Å². The highest BCUT2D eigenvalue weighted by Gasteiger charge is 2.12. The molecule has 0 atom stereocenters. The molecule has 0 saturated heterocycles. The van der Waals surface area contributed by atoms with Crippen LogP contribution < -0.4 is 0 Å². The van der Waals surface area contributed by atoms with Gasteiger partial charge in [-0.3, -0.25) is 0 Å². The van der Waals surface area contributed by atoms with Crippen molar-refractivity contribution in [3.05, 3.63) is 84.9 Å². The molecule has 0 nitrogen and oxygen atoms in total. The molecule has 0 radical (unpaired) electrons. The Morgan fingerprint density at radius 2 is 1.13 bits per heavy atom. The second-order valence-corrected chi connectivity index (χ2v) is 6.89. The lowest BCUT2D eigenvalue weighted by atomic mass is 9.95. The molecule has 4 aromatic carbocycles. The lowest BCUT2D eigenvalue weighted by molar-refractivity contribution is 1.71. The van der Waals surface area contributed by atoms with E-state index >= 15 is 0 Å². The summed E-state index contributed by atoms with van der Waals surface area (Å²) in [5.41, 5.74) is 2.65. The van der Waals surface area contributed by atoms with E-state index in [4.69, 9.17) is 0 Å². The average Bonchev–Trinajstić information content (AvgIpc) is 3.00. The van der Waals surface area contributed by atoms with Crippen LogP contribution in [0.15, 0.2) is 84.9 Å². The van der Waals surface area contributed by atoms with Crippen molar-refractivity contribution < 1.29 is 0 Å². The van der Waals surface area contributed by atoms with E-state index in [0.29, 0.717) is 0 Å². The van der Waals surface area contributed by atoms with Crippen molar-refractivity contribution in [2.24, 2.45) is 0 Å². The Balaban J connectivity index is 1.96. The highest BCUT2D eigenvalue weighted by Crippen LogP contribution is 2.41. The molecule has 0 aliphatic heterocycles. The molecule has 0 spiro atoms. The first kappa shape index (κ1) is 12.9. The number of hydrogen-bond acceptors (Lipinski definition) is 1. The summed E-state index contributed by atoms with van der Waals surface area (Å²) in [6.45, 7) is 0. The predicted octanol–water partition coefficient (Wildman–Crippen LogP) is 6.87. The Kier molecular flexibility index (Phi) is 2.76.